The molecular weight excluding hydrogens is 565 g/mol. The fourth-order valence-corrected chi connectivity index (χ4v) is 6.84. The zero-order valence-corrected chi connectivity index (χ0v) is 25.0. The molecule has 2 aromatic rings. The van der Waals surface area contributed by atoms with Gasteiger partial charge in [0, 0.05) is 42.3 Å². The maximum absolute atomic E-state index is 13.8. The number of aromatic nitrogens is 2. The van der Waals surface area contributed by atoms with Crippen LogP contribution in [0.15, 0.2) is 30.7 Å². The molecule has 1 aliphatic heterocycles. The third kappa shape index (κ3) is 8.38. The minimum absolute atomic E-state index is 0.151. The molecule has 1 saturated heterocycles. The van der Waals surface area contributed by atoms with Crippen LogP contribution in [0.5, 0.6) is 0 Å². The molecule has 1 aliphatic carbocycles. The highest BCUT2D eigenvalue weighted by Gasteiger charge is 2.48. The second-order valence-corrected chi connectivity index (χ2v) is 12.2. The summed E-state index contributed by atoms with van der Waals surface area (Å²) in [6, 6.07) is 3.83. The Balaban J connectivity index is 1.35. The summed E-state index contributed by atoms with van der Waals surface area (Å²) in [4.78, 5) is 47.9. The molecule has 1 aromatic heterocycles. The molecule has 0 spiro atoms. The van der Waals surface area contributed by atoms with Crippen molar-refractivity contribution in [2.45, 2.75) is 83.1 Å². The van der Waals surface area contributed by atoms with E-state index in [-0.39, 0.29) is 18.2 Å². The van der Waals surface area contributed by atoms with Gasteiger partial charge in [-0.25, -0.2) is 9.78 Å². The fourth-order valence-electron chi connectivity index (χ4n) is 6.35. The third-order valence-electron chi connectivity index (χ3n) is 8.77. The van der Waals surface area contributed by atoms with Crippen LogP contribution in [0.1, 0.15) is 75.5 Å². The number of nitrogens with zero attached hydrogens (tertiary/aromatic N) is 2. The smallest absolute Gasteiger partial charge is 0.315 e. The van der Waals surface area contributed by atoms with Gasteiger partial charge < -0.3 is 25.6 Å². The number of unbranched alkanes of at least 4 members (excludes halogenated alkanes) is 2. The van der Waals surface area contributed by atoms with Crippen LogP contribution in [-0.2, 0) is 22.4 Å². The molecule has 41 heavy (non-hydrogen) atoms. The van der Waals surface area contributed by atoms with Crippen LogP contribution in [0.2, 0.25) is 10.0 Å². The lowest BCUT2D eigenvalue weighted by Crippen LogP contribution is -2.56. The summed E-state index contributed by atoms with van der Waals surface area (Å²) in [5, 5.41) is 16.9. The van der Waals surface area contributed by atoms with Gasteiger partial charge in [-0.15, -0.1) is 0 Å². The molecule has 0 radical (unpaired) electrons. The Hall–Kier alpha value is -2.78. The van der Waals surface area contributed by atoms with Gasteiger partial charge in [-0.2, -0.15) is 0 Å². The van der Waals surface area contributed by atoms with Gasteiger partial charge in [0.1, 0.15) is 6.04 Å². The third-order valence-corrected chi connectivity index (χ3v) is 9.36. The highest BCUT2D eigenvalue weighted by molar-refractivity contribution is 6.35. The Morgan fingerprint density at radius 3 is 2.51 bits per heavy atom. The number of rotatable bonds is 12. The van der Waals surface area contributed by atoms with E-state index in [1.807, 2.05) is 6.20 Å². The quantitative estimate of drug-likeness (QED) is 0.234. The van der Waals surface area contributed by atoms with Gasteiger partial charge in [0.15, 0.2) is 0 Å². The first kappa shape index (κ1) is 31.2. The van der Waals surface area contributed by atoms with E-state index in [0.29, 0.717) is 48.1 Å². The van der Waals surface area contributed by atoms with Crippen molar-refractivity contribution in [3.63, 3.8) is 0 Å². The number of H-pyrrole nitrogens is 1. The van der Waals surface area contributed by atoms with E-state index in [2.05, 4.69) is 20.6 Å². The summed E-state index contributed by atoms with van der Waals surface area (Å²) in [7, 11) is 0. The Labute approximate surface area is 251 Å². The van der Waals surface area contributed by atoms with Crippen molar-refractivity contribution in [1.82, 2.24) is 25.5 Å². The Bertz CT molecular complexity index is 1160. The molecule has 0 unspecified atom stereocenters. The predicted octanol–water partition coefficient (Wildman–Crippen LogP) is 5.61. The molecule has 2 heterocycles. The van der Waals surface area contributed by atoms with Crippen molar-refractivity contribution < 1.29 is 19.5 Å². The number of amides is 3. The van der Waals surface area contributed by atoms with Crippen LogP contribution in [0, 0.1) is 11.3 Å². The van der Waals surface area contributed by atoms with Crippen molar-refractivity contribution >= 4 is 41.1 Å². The van der Waals surface area contributed by atoms with Crippen LogP contribution in [0.4, 0.5) is 4.79 Å². The molecule has 2 aliphatic rings. The average molecular weight is 607 g/mol. The maximum Gasteiger partial charge on any atom is 0.315 e. The number of piperidine rings is 1. The number of aliphatic carboxylic acids is 1. The van der Waals surface area contributed by atoms with E-state index in [1.165, 1.54) is 0 Å². The van der Waals surface area contributed by atoms with Crippen LogP contribution in [-0.4, -0.2) is 63.6 Å². The summed E-state index contributed by atoms with van der Waals surface area (Å²) in [5.74, 6) is -0.825. The first-order valence-electron chi connectivity index (χ1n) is 14.8. The summed E-state index contributed by atoms with van der Waals surface area (Å²) < 4.78 is 0. The lowest BCUT2D eigenvalue weighted by molar-refractivity contribution is -0.160. The van der Waals surface area contributed by atoms with Gasteiger partial charge in [0.25, 0.3) is 0 Å². The van der Waals surface area contributed by atoms with Crippen molar-refractivity contribution in [2.75, 3.05) is 19.6 Å². The minimum Gasteiger partial charge on any atom is -0.481 e. The van der Waals surface area contributed by atoms with E-state index in [1.54, 1.807) is 29.4 Å². The fraction of sp³-hybridized carbons (Fsp3) is 0.600. The number of carboxylic acids is 1. The highest BCUT2D eigenvalue weighted by atomic mass is 35.5. The Morgan fingerprint density at radius 1 is 1.10 bits per heavy atom. The molecule has 11 heteroatoms. The largest absolute Gasteiger partial charge is 0.481 e. The molecule has 1 saturated carbocycles. The van der Waals surface area contributed by atoms with E-state index >= 15 is 0 Å². The number of imidazole rings is 1. The molecule has 0 bridgehead atoms. The van der Waals surface area contributed by atoms with Crippen LogP contribution < -0.4 is 10.6 Å². The highest BCUT2D eigenvalue weighted by Crippen LogP contribution is 2.46. The van der Waals surface area contributed by atoms with Crippen molar-refractivity contribution in [3.8, 4) is 0 Å². The standard InChI is InChI=1S/C30H41Cl2N5O4/c31-23-11-10-21(25(32)18-23)17-26(36-29(41)34-14-6-2-5-9-24-19-33-20-35-24)27(38)37-15-12-30(13-16-37,28(39)40)22-7-3-1-4-8-22/h10-11,18-20,22,26H,1-9,12-17H2,(H,33,35)(H,39,40)(H2,34,36,41)/t26-/m1/s1. The van der Waals surface area contributed by atoms with Gasteiger partial charge in [0.05, 0.1) is 17.4 Å². The minimum atomic E-state index is -0.847. The predicted molar refractivity (Wildman–Crippen MR) is 159 cm³/mol. The van der Waals surface area contributed by atoms with Crippen molar-refractivity contribution in [2.24, 2.45) is 11.3 Å². The number of nitrogens with one attached hydrogen (secondary N) is 3. The Morgan fingerprint density at radius 2 is 1.85 bits per heavy atom. The number of aromatic amines is 1. The van der Waals surface area contributed by atoms with Crippen LogP contribution in [0.3, 0.4) is 0 Å². The molecule has 9 nitrogen and oxygen atoms in total. The second kappa shape index (κ2) is 14.9. The van der Waals surface area contributed by atoms with Gasteiger partial charge in [-0.1, -0.05) is 55.0 Å². The summed E-state index contributed by atoms with van der Waals surface area (Å²) >= 11 is 12.5. The van der Waals surface area contributed by atoms with Gasteiger partial charge >= 0.3 is 12.0 Å². The number of carbonyl (C=O) groups is 3. The van der Waals surface area contributed by atoms with Gasteiger partial charge in [-0.3, -0.25) is 9.59 Å². The van der Waals surface area contributed by atoms with E-state index in [0.717, 1.165) is 63.5 Å². The van der Waals surface area contributed by atoms with E-state index in [9.17, 15) is 19.5 Å². The van der Waals surface area contributed by atoms with E-state index < -0.39 is 23.5 Å². The number of hydrogen-bond acceptors (Lipinski definition) is 4. The SMILES string of the molecule is O=C(NCCCCCc1c[nH]cn1)N[C@H](Cc1ccc(Cl)cc1Cl)C(=O)N1CCC(C(=O)O)(C2CCCCC2)CC1. The summed E-state index contributed by atoms with van der Waals surface area (Å²) in [6.45, 7) is 1.19. The first-order valence-corrected chi connectivity index (χ1v) is 15.5. The van der Waals surface area contributed by atoms with E-state index in [4.69, 9.17) is 23.2 Å². The van der Waals surface area contributed by atoms with Gasteiger partial charge in [-0.05, 0) is 68.6 Å². The molecular formula is C30H41Cl2N5O4. The zero-order chi connectivity index (χ0) is 29.2. The molecule has 1 aromatic carbocycles. The van der Waals surface area contributed by atoms with Crippen LogP contribution >= 0.6 is 23.2 Å². The summed E-state index contributed by atoms with van der Waals surface area (Å²) in [6.07, 6.45) is 13.4. The lowest BCUT2D eigenvalue weighted by Gasteiger charge is -2.45. The zero-order valence-electron chi connectivity index (χ0n) is 23.5. The number of hydrogen-bond donors (Lipinski definition) is 4. The van der Waals surface area contributed by atoms with Crippen LogP contribution in [0.25, 0.3) is 0 Å². The number of halogens is 2. The monoisotopic (exact) mass is 605 g/mol. The van der Waals surface area contributed by atoms with Gasteiger partial charge in [0.2, 0.25) is 5.91 Å². The number of likely N-dealkylation sites (tertiary alicyclic amines) is 1. The lowest BCUT2D eigenvalue weighted by atomic mass is 9.64. The molecule has 1 atom stereocenters. The number of urea groups is 1. The number of carboxylic acid groups (broad SMARTS) is 1. The van der Waals surface area contributed by atoms with Crippen molar-refractivity contribution in [1.29, 1.82) is 0 Å². The maximum atomic E-state index is 13.8. The summed E-state index contributed by atoms with van der Waals surface area (Å²) in [5.41, 5.74) is 0.941. The average Bonchev–Trinajstić information content (AvgIpc) is 3.49. The second-order valence-electron chi connectivity index (χ2n) is 11.4. The molecule has 2 fully saturated rings. The Kier molecular flexibility index (Phi) is 11.3. The molecule has 224 valence electrons. The number of benzene rings is 1. The first-order chi connectivity index (χ1) is 19.8. The molecule has 4 N–H and O–H groups in total. The molecule has 4 rings (SSSR count). The number of aryl methyl sites for hydroxylation is 1. The van der Waals surface area contributed by atoms with Crippen molar-refractivity contribution in [3.05, 3.63) is 52.0 Å². The number of carbonyl (C=O) groups excluding carboxylic acids is 2. The molecule has 3 amide bonds. The normalized spacial score (nSPS) is 18.0. The topological polar surface area (TPSA) is 127 Å².